The van der Waals surface area contributed by atoms with Gasteiger partial charge in [0.1, 0.15) is 0 Å². The highest BCUT2D eigenvalue weighted by Gasteiger charge is 2.62. The number of hydrogen-bond donors (Lipinski definition) is 0. The fourth-order valence-corrected chi connectivity index (χ4v) is 1.84. The van der Waals surface area contributed by atoms with Crippen LogP contribution in [0.15, 0.2) is 0 Å². The van der Waals surface area contributed by atoms with Gasteiger partial charge in [0.25, 0.3) is 0 Å². The summed E-state index contributed by atoms with van der Waals surface area (Å²) in [5.74, 6) is 0.607. The van der Waals surface area contributed by atoms with Crippen LogP contribution in [-0.2, 0) is 0 Å². The van der Waals surface area contributed by atoms with Crippen molar-refractivity contribution in [2.45, 2.75) is 58.5 Å². The normalized spacial score (nSPS) is 20.1. The molecule has 1 aliphatic carbocycles. The average Bonchev–Trinajstić information content (AvgIpc) is 2.77. The van der Waals surface area contributed by atoms with Gasteiger partial charge >= 0.3 is 6.18 Å². The third-order valence-corrected chi connectivity index (χ3v) is 3.14. The molecule has 1 aliphatic rings. The topological polar surface area (TPSA) is 0 Å². The van der Waals surface area contributed by atoms with Crippen molar-refractivity contribution in [3.63, 3.8) is 0 Å². The van der Waals surface area contributed by atoms with Crippen molar-refractivity contribution >= 4 is 0 Å². The van der Waals surface area contributed by atoms with E-state index in [0.29, 0.717) is 25.2 Å². The Morgan fingerprint density at radius 2 is 1.71 bits per heavy atom. The number of unbranched alkanes of at least 4 members (excludes halogenated alkanes) is 1. The minimum absolute atomic E-state index is 0.350. The summed E-state index contributed by atoms with van der Waals surface area (Å²) in [5, 5.41) is 0. The van der Waals surface area contributed by atoms with Crippen molar-refractivity contribution in [1.29, 1.82) is 0 Å². The van der Waals surface area contributed by atoms with Gasteiger partial charge in [-0.05, 0) is 25.2 Å². The number of halogens is 3. The van der Waals surface area contributed by atoms with Crippen molar-refractivity contribution in [3.05, 3.63) is 0 Å². The molecular weight excluding hydrogens is 189 g/mol. The smallest absolute Gasteiger partial charge is 0.171 e. The quantitative estimate of drug-likeness (QED) is 0.581. The van der Waals surface area contributed by atoms with Crippen LogP contribution >= 0.6 is 0 Å². The Labute approximate surface area is 83.9 Å². The van der Waals surface area contributed by atoms with E-state index in [1.54, 1.807) is 0 Å². The van der Waals surface area contributed by atoms with Gasteiger partial charge in [-0.25, -0.2) is 0 Å². The van der Waals surface area contributed by atoms with Gasteiger partial charge in [0, 0.05) is 0 Å². The Balaban J connectivity index is 2.19. The van der Waals surface area contributed by atoms with Gasteiger partial charge in [-0.1, -0.05) is 33.1 Å². The lowest BCUT2D eigenvalue weighted by Crippen LogP contribution is -2.24. The van der Waals surface area contributed by atoms with Crippen LogP contribution in [0.3, 0.4) is 0 Å². The summed E-state index contributed by atoms with van der Waals surface area (Å²) in [5.41, 5.74) is -1.27. The molecule has 0 nitrogen and oxygen atoms in total. The molecule has 0 aromatic rings. The lowest BCUT2D eigenvalue weighted by atomic mass is 9.96. The highest BCUT2D eigenvalue weighted by Crippen LogP contribution is 2.60. The molecule has 0 bridgehead atoms. The highest BCUT2D eigenvalue weighted by atomic mass is 19.4. The van der Waals surface area contributed by atoms with Crippen molar-refractivity contribution < 1.29 is 13.2 Å². The van der Waals surface area contributed by atoms with Crippen LogP contribution in [0.2, 0.25) is 0 Å². The Morgan fingerprint density at radius 1 is 1.14 bits per heavy atom. The lowest BCUT2D eigenvalue weighted by Gasteiger charge is -2.18. The maximum Gasteiger partial charge on any atom is 0.394 e. The fourth-order valence-electron chi connectivity index (χ4n) is 1.84. The van der Waals surface area contributed by atoms with Crippen LogP contribution < -0.4 is 0 Å². The van der Waals surface area contributed by atoms with Crippen molar-refractivity contribution in [2.75, 3.05) is 0 Å². The summed E-state index contributed by atoms with van der Waals surface area (Å²) in [6, 6.07) is 0. The largest absolute Gasteiger partial charge is 0.394 e. The van der Waals surface area contributed by atoms with E-state index >= 15 is 0 Å². The molecule has 0 radical (unpaired) electrons. The standard InChI is InChI=1S/C11H19F3/c1-9(2)5-3-4-6-10(7-8-10)11(12,13)14/h9H,3-8H2,1-2H3. The Bertz CT molecular complexity index is 177. The molecule has 14 heavy (non-hydrogen) atoms. The van der Waals surface area contributed by atoms with Gasteiger partial charge in [-0.15, -0.1) is 0 Å². The van der Waals surface area contributed by atoms with E-state index in [1.807, 2.05) is 0 Å². The van der Waals surface area contributed by atoms with E-state index in [2.05, 4.69) is 13.8 Å². The molecule has 0 amide bonds. The molecular formula is C11H19F3. The molecule has 0 spiro atoms. The van der Waals surface area contributed by atoms with Gasteiger partial charge in [0.2, 0.25) is 0 Å². The van der Waals surface area contributed by atoms with Crippen LogP contribution in [0.25, 0.3) is 0 Å². The van der Waals surface area contributed by atoms with E-state index in [0.717, 1.165) is 19.3 Å². The average molecular weight is 208 g/mol. The molecule has 1 fully saturated rings. The Hall–Kier alpha value is -0.210. The molecule has 1 rings (SSSR count). The third kappa shape index (κ3) is 2.89. The summed E-state index contributed by atoms with van der Waals surface area (Å²) in [6.45, 7) is 4.22. The van der Waals surface area contributed by atoms with Gasteiger partial charge in [-0.2, -0.15) is 13.2 Å². The van der Waals surface area contributed by atoms with E-state index in [1.165, 1.54) is 0 Å². The first-order valence-electron chi connectivity index (χ1n) is 5.44. The summed E-state index contributed by atoms with van der Waals surface area (Å²) in [4.78, 5) is 0. The van der Waals surface area contributed by atoms with Crippen LogP contribution in [-0.4, -0.2) is 6.18 Å². The van der Waals surface area contributed by atoms with Crippen LogP contribution in [0.1, 0.15) is 52.4 Å². The van der Waals surface area contributed by atoms with E-state index < -0.39 is 11.6 Å². The molecule has 0 aliphatic heterocycles. The second kappa shape index (κ2) is 4.11. The van der Waals surface area contributed by atoms with Gasteiger partial charge < -0.3 is 0 Å². The fraction of sp³-hybridized carbons (Fsp3) is 1.00. The second-order valence-electron chi connectivity index (χ2n) is 4.92. The first kappa shape index (κ1) is 11.9. The van der Waals surface area contributed by atoms with Crippen LogP contribution in [0.5, 0.6) is 0 Å². The van der Waals surface area contributed by atoms with Gasteiger partial charge in [-0.3, -0.25) is 0 Å². The summed E-state index contributed by atoms with van der Waals surface area (Å²) in [6.07, 6.45) is -0.161. The van der Waals surface area contributed by atoms with Gasteiger partial charge in [0.15, 0.2) is 0 Å². The van der Waals surface area contributed by atoms with E-state index in [4.69, 9.17) is 0 Å². The molecule has 1 saturated carbocycles. The minimum Gasteiger partial charge on any atom is -0.171 e. The molecule has 0 N–H and O–H groups in total. The molecule has 3 heteroatoms. The second-order valence-corrected chi connectivity index (χ2v) is 4.92. The molecule has 0 aromatic heterocycles. The zero-order valence-electron chi connectivity index (χ0n) is 8.95. The Kier molecular flexibility index (Phi) is 3.49. The van der Waals surface area contributed by atoms with E-state index in [-0.39, 0.29) is 0 Å². The molecule has 0 saturated heterocycles. The van der Waals surface area contributed by atoms with Gasteiger partial charge in [0.05, 0.1) is 5.41 Å². The zero-order chi connectivity index (χ0) is 10.8. The maximum absolute atomic E-state index is 12.5. The molecule has 0 atom stereocenters. The minimum atomic E-state index is -3.95. The summed E-state index contributed by atoms with van der Waals surface area (Å²) < 4.78 is 37.4. The highest BCUT2D eigenvalue weighted by molar-refractivity contribution is 4.98. The molecule has 84 valence electrons. The monoisotopic (exact) mass is 208 g/mol. The van der Waals surface area contributed by atoms with Crippen molar-refractivity contribution in [3.8, 4) is 0 Å². The van der Waals surface area contributed by atoms with Crippen LogP contribution in [0, 0.1) is 11.3 Å². The maximum atomic E-state index is 12.5. The SMILES string of the molecule is CC(C)CCCCC1(C(F)(F)F)CC1. The number of alkyl halides is 3. The molecule has 0 heterocycles. The summed E-state index contributed by atoms with van der Waals surface area (Å²) in [7, 11) is 0. The zero-order valence-corrected chi connectivity index (χ0v) is 8.95. The molecule has 0 unspecified atom stereocenters. The predicted molar refractivity (Wildman–Crippen MR) is 51.0 cm³/mol. The first-order valence-corrected chi connectivity index (χ1v) is 5.44. The summed E-state index contributed by atoms with van der Waals surface area (Å²) >= 11 is 0. The first-order chi connectivity index (χ1) is 6.37. The van der Waals surface area contributed by atoms with Crippen molar-refractivity contribution in [1.82, 2.24) is 0 Å². The lowest BCUT2D eigenvalue weighted by molar-refractivity contribution is -0.189. The Morgan fingerprint density at radius 3 is 2.07 bits per heavy atom. The van der Waals surface area contributed by atoms with Crippen molar-refractivity contribution in [2.24, 2.45) is 11.3 Å². The number of rotatable bonds is 5. The predicted octanol–water partition coefficient (Wildman–Crippen LogP) is 4.55. The number of hydrogen-bond acceptors (Lipinski definition) is 0. The van der Waals surface area contributed by atoms with Crippen LogP contribution in [0.4, 0.5) is 13.2 Å². The van der Waals surface area contributed by atoms with E-state index in [9.17, 15) is 13.2 Å². The molecule has 0 aromatic carbocycles. The third-order valence-electron chi connectivity index (χ3n) is 3.14.